The molecule has 2 unspecified atom stereocenters. The van der Waals surface area contributed by atoms with Gasteiger partial charge in [-0.15, -0.1) is 23.1 Å². The number of nitrogens with zero attached hydrogens (tertiary/aromatic N) is 3. The smallest absolute Gasteiger partial charge is 0.161 e. The highest BCUT2D eigenvalue weighted by Crippen LogP contribution is 2.55. The van der Waals surface area contributed by atoms with Gasteiger partial charge in [0.2, 0.25) is 0 Å². The van der Waals surface area contributed by atoms with Crippen molar-refractivity contribution in [3.63, 3.8) is 0 Å². The molecule has 4 heterocycles. The van der Waals surface area contributed by atoms with E-state index < -0.39 is 0 Å². The van der Waals surface area contributed by atoms with E-state index in [0.717, 1.165) is 35.7 Å². The van der Waals surface area contributed by atoms with Gasteiger partial charge in [-0.25, -0.2) is 9.97 Å². The SMILES string of the molecule is CC12C=CC=CC1Sc1c(-n3c4c(c5c6c7ccccc7sc6c6ccccc6c53)CCC=C4)nc(-c3ccc4ccccc4c3)nc12. The Morgan fingerprint density at radius 2 is 1.62 bits per heavy atom. The van der Waals surface area contributed by atoms with E-state index in [0.29, 0.717) is 0 Å². The molecule has 228 valence electrons. The predicted octanol–water partition coefficient (Wildman–Crippen LogP) is 11.6. The topological polar surface area (TPSA) is 30.7 Å². The minimum absolute atomic E-state index is 0.226. The molecular formula is C43H29N3S2. The van der Waals surface area contributed by atoms with Crippen LogP contribution < -0.4 is 0 Å². The van der Waals surface area contributed by atoms with Crippen LogP contribution in [0.3, 0.4) is 0 Å². The Balaban J connectivity index is 1.32. The van der Waals surface area contributed by atoms with Gasteiger partial charge in [-0.2, -0.15) is 0 Å². The number of thiophene rings is 1. The lowest BCUT2D eigenvalue weighted by molar-refractivity contribution is 0.594. The van der Waals surface area contributed by atoms with Gasteiger partial charge in [0.15, 0.2) is 11.6 Å². The summed E-state index contributed by atoms with van der Waals surface area (Å²) < 4.78 is 5.23. The molecule has 3 aliphatic rings. The fourth-order valence-electron chi connectivity index (χ4n) is 8.34. The van der Waals surface area contributed by atoms with Crippen molar-refractivity contribution in [1.82, 2.24) is 14.5 Å². The number of allylic oxidation sites excluding steroid dienone is 4. The molecular weight excluding hydrogens is 623 g/mol. The van der Waals surface area contributed by atoms with Gasteiger partial charge in [-0.05, 0) is 54.3 Å². The maximum absolute atomic E-state index is 5.60. The summed E-state index contributed by atoms with van der Waals surface area (Å²) in [7, 11) is 0. The van der Waals surface area contributed by atoms with Gasteiger partial charge >= 0.3 is 0 Å². The summed E-state index contributed by atoms with van der Waals surface area (Å²) in [5, 5.41) is 9.37. The van der Waals surface area contributed by atoms with E-state index in [9.17, 15) is 0 Å². The number of fused-ring (bicyclic) bond motifs is 14. The van der Waals surface area contributed by atoms with Crippen molar-refractivity contribution in [2.45, 2.75) is 35.3 Å². The van der Waals surface area contributed by atoms with Gasteiger partial charge in [-0.1, -0.05) is 109 Å². The minimum Gasteiger partial charge on any atom is -0.292 e. The molecule has 0 saturated carbocycles. The fraction of sp³-hybridized carbons (Fsp3) is 0.116. The number of aryl methyl sites for hydroxylation is 1. The first kappa shape index (κ1) is 27.0. The second-order valence-electron chi connectivity index (χ2n) is 13.4. The van der Waals surface area contributed by atoms with E-state index in [-0.39, 0.29) is 10.7 Å². The molecule has 5 aromatic carbocycles. The molecule has 0 spiro atoms. The zero-order valence-electron chi connectivity index (χ0n) is 26.3. The van der Waals surface area contributed by atoms with Gasteiger partial charge in [0, 0.05) is 52.6 Å². The molecule has 0 saturated heterocycles. The van der Waals surface area contributed by atoms with Gasteiger partial charge in [0.25, 0.3) is 0 Å². The van der Waals surface area contributed by atoms with Gasteiger partial charge in [0.1, 0.15) is 0 Å². The predicted molar refractivity (Wildman–Crippen MR) is 205 cm³/mol. The number of benzene rings is 5. The molecule has 0 fully saturated rings. The van der Waals surface area contributed by atoms with E-state index >= 15 is 0 Å². The average Bonchev–Trinajstić information content (AvgIpc) is 3.79. The Bertz CT molecular complexity index is 2800. The quantitative estimate of drug-likeness (QED) is 0.186. The number of aromatic nitrogens is 3. The van der Waals surface area contributed by atoms with Crippen molar-refractivity contribution in [2.75, 3.05) is 0 Å². The van der Waals surface area contributed by atoms with Gasteiger partial charge < -0.3 is 0 Å². The minimum atomic E-state index is -0.226. The zero-order chi connectivity index (χ0) is 31.6. The van der Waals surface area contributed by atoms with Crippen LogP contribution in [0.15, 0.2) is 126 Å². The van der Waals surface area contributed by atoms with Crippen LogP contribution in [-0.2, 0) is 11.8 Å². The third-order valence-electron chi connectivity index (χ3n) is 10.7. The van der Waals surface area contributed by atoms with E-state index in [1.165, 1.54) is 68.8 Å². The fourth-order valence-corrected chi connectivity index (χ4v) is 11.1. The molecule has 3 aromatic heterocycles. The Morgan fingerprint density at radius 1 is 0.812 bits per heavy atom. The monoisotopic (exact) mass is 651 g/mol. The largest absolute Gasteiger partial charge is 0.292 e. The van der Waals surface area contributed by atoms with Crippen LogP contribution in [0.4, 0.5) is 0 Å². The summed E-state index contributed by atoms with van der Waals surface area (Å²) in [5.41, 5.74) is 5.87. The van der Waals surface area contributed by atoms with Crippen LogP contribution in [0.5, 0.6) is 0 Å². The standard InChI is InChI=1S/C43H29N3S2/c1-43-23-11-10-20-34(43)48-39-40(43)44-41(27-22-21-25-12-2-3-13-26(25)24-27)45-42(39)46-32-18-8-6-16-30(32)35-36-31-17-7-9-19-33(31)47-38(36)29-15-5-4-14-28(29)37(35)46/h2-5,7-15,17-24,34H,6,16H2,1H3. The first-order valence-corrected chi connectivity index (χ1v) is 18.4. The lowest BCUT2D eigenvalue weighted by Gasteiger charge is -2.27. The average molecular weight is 652 g/mol. The zero-order valence-corrected chi connectivity index (χ0v) is 27.9. The third-order valence-corrected chi connectivity index (χ3v) is 13.4. The van der Waals surface area contributed by atoms with Crippen LogP contribution in [-0.4, -0.2) is 19.8 Å². The summed E-state index contributed by atoms with van der Waals surface area (Å²) in [6.45, 7) is 2.34. The van der Waals surface area contributed by atoms with E-state index in [1.807, 2.05) is 23.1 Å². The van der Waals surface area contributed by atoms with Crippen molar-refractivity contribution in [3.05, 3.63) is 138 Å². The highest BCUT2D eigenvalue weighted by Gasteiger charge is 2.46. The molecule has 11 rings (SSSR count). The first-order valence-electron chi connectivity index (χ1n) is 16.7. The van der Waals surface area contributed by atoms with E-state index in [1.54, 1.807) is 0 Å². The van der Waals surface area contributed by atoms with Crippen molar-refractivity contribution < 1.29 is 0 Å². The summed E-state index contributed by atoms with van der Waals surface area (Å²) in [5.74, 6) is 1.77. The summed E-state index contributed by atoms with van der Waals surface area (Å²) in [6.07, 6.45) is 15.8. The van der Waals surface area contributed by atoms with Crippen LogP contribution in [0.1, 0.15) is 30.3 Å². The first-order chi connectivity index (χ1) is 23.7. The van der Waals surface area contributed by atoms with Crippen LogP contribution in [0, 0.1) is 0 Å². The normalized spacial score (nSPS) is 19.6. The second kappa shape index (κ2) is 9.79. The van der Waals surface area contributed by atoms with E-state index in [2.05, 4.69) is 139 Å². The van der Waals surface area contributed by atoms with Crippen molar-refractivity contribution in [1.29, 1.82) is 0 Å². The number of thioether (sulfide) groups is 1. The van der Waals surface area contributed by atoms with Crippen molar-refractivity contribution >= 4 is 81.8 Å². The molecule has 0 amide bonds. The Morgan fingerprint density at radius 3 is 2.54 bits per heavy atom. The highest BCUT2D eigenvalue weighted by molar-refractivity contribution is 8.00. The number of hydrogen-bond acceptors (Lipinski definition) is 4. The van der Waals surface area contributed by atoms with Gasteiger partial charge in [0.05, 0.1) is 21.8 Å². The molecule has 48 heavy (non-hydrogen) atoms. The Kier molecular flexibility index (Phi) is 5.51. The molecule has 5 heteroatoms. The van der Waals surface area contributed by atoms with Crippen molar-refractivity contribution in [2.24, 2.45) is 0 Å². The summed E-state index contributed by atoms with van der Waals surface area (Å²) in [6, 6.07) is 33.1. The second-order valence-corrected chi connectivity index (χ2v) is 15.6. The van der Waals surface area contributed by atoms with E-state index in [4.69, 9.17) is 9.97 Å². The molecule has 0 bridgehead atoms. The lowest BCUT2D eigenvalue weighted by Crippen LogP contribution is -2.29. The summed E-state index contributed by atoms with van der Waals surface area (Å²) in [4.78, 5) is 12.2. The summed E-state index contributed by atoms with van der Waals surface area (Å²) >= 11 is 3.84. The molecule has 2 aliphatic carbocycles. The maximum Gasteiger partial charge on any atom is 0.161 e. The Labute approximate surface area is 286 Å². The Hall–Kier alpha value is -4.97. The van der Waals surface area contributed by atoms with Crippen LogP contribution in [0.25, 0.3) is 75.9 Å². The van der Waals surface area contributed by atoms with Crippen molar-refractivity contribution in [3.8, 4) is 17.2 Å². The molecule has 8 aromatic rings. The molecule has 0 N–H and O–H groups in total. The van der Waals surface area contributed by atoms with Gasteiger partial charge in [-0.3, -0.25) is 4.57 Å². The number of hydrogen-bond donors (Lipinski definition) is 0. The van der Waals surface area contributed by atoms with Crippen LogP contribution >= 0.6 is 23.1 Å². The third kappa shape index (κ3) is 3.55. The molecule has 2 atom stereocenters. The molecule has 3 nitrogen and oxygen atoms in total. The maximum atomic E-state index is 5.60. The molecule has 0 radical (unpaired) electrons. The number of rotatable bonds is 2. The highest BCUT2D eigenvalue weighted by atomic mass is 32.2. The lowest BCUT2D eigenvalue weighted by atomic mass is 9.80. The van der Waals surface area contributed by atoms with Crippen LogP contribution in [0.2, 0.25) is 0 Å². The molecule has 1 aliphatic heterocycles.